The molecule has 0 fully saturated rings. The first-order chi connectivity index (χ1) is 5.24. The molecule has 0 unspecified atom stereocenters. The van der Waals surface area contributed by atoms with E-state index in [2.05, 4.69) is 5.10 Å². The van der Waals surface area contributed by atoms with Crippen molar-refractivity contribution in [2.24, 2.45) is 0 Å². The highest BCUT2D eigenvalue weighted by molar-refractivity contribution is 6.29. The normalized spacial score (nSPS) is 10.0. The predicted octanol–water partition coefficient (Wildman–Crippen LogP) is 1.14. The van der Waals surface area contributed by atoms with E-state index in [-0.39, 0.29) is 5.56 Å². The fourth-order valence-electron chi connectivity index (χ4n) is 0.664. The molecule has 0 saturated heterocycles. The Morgan fingerprint density at radius 1 is 1.55 bits per heavy atom. The molecule has 1 aromatic rings. The lowest BCUT2D eigenvalue weighted by Gasteiger charge is -1.99. The van der Waals surface area contributed by atoms with Gasteiger partial charge in [0.1, 0.15) is 5.15 Å². The number of rotatable bonds is 2. The van der Waals surface area contributed by atoms with Crippen LogP contribution >= 0.6 is 23.2 Å². The van der Waals surface area contributed by atoms with E-state index in [9.17, 15) is 4.79 Å². The average Bonchev–Trinajstić information content (AvgIpc) is 1.98. The van der Waals surface area contributed by atoms with E-state index < -0.39 is 0 Å². The molecule has 0 aliphatic heterocycles. The molecule has 0 aromatic carbocycles. The number of alkyl halides is 1. The lowest BCUT2D eigenvalue weighted by Crippen LogP contribution is -2.22. The molecule has 0 spiro atoms. The van der Waals surface area contributed by atoms with Gasteiger partial charge in [-0.05, 0) is 6.07 Å². The highest BCUT2D eigenvalue weighted by Gasteiger charge is 1.95. The predicted molar refractivity (Wildman–Crippen MR) is 44.2 cm³/mol. The summed E-state index contributed by atoms with van der Waals surface area (Å²) in [6, 6.07) is 2.82. The van der Waals surface area contributed by atoms with Gasteiger partial charge in [0.05, 0.1) is 6.54 Å². The first kappa shape index (κ1) is 8.56. The summed E-state index contributed by atoms with van der Waals surface area (Å²) in [7, 11) is 0. The number of halogens is 2. The minimum absolute atomic E-state index is 0.185. The number of aromatic nitrogens is 2. The highest BCUT2D eigenvalue weighted by Crippen LogP contribution is 1.97. The topological polar surface area (TPSA) is 34.9 Å². The van der Waals surface area contributed by atoms with Crippen LogP contribution in [-0.2, 0) is 6.54 Å². The minimum Gasteiger partial charge on any atom is -0.268 e. The van der Waals surface area contributed by atoms with E-state index in [1.807, 2.05) is 0 Å². The zero-order valence-electron chi connectivity index (χ0n) is 5.63. The van der Waals surface area contributed by atoms with E-state index >= 15 is 0 Å². The van der Waals surface area contributed by atoms with Gasteiger partial charge in [0, 0.05) is 11.9 Å². The van der Waals surface area contributed by atoms with Crippen LogP contribution in [0.15, 0.2) is 16.9 Å². The molecule has 0 bridgehead atoms. The molecule has 0 aliphatic rings. The second-order valence-corrected chi connectivity index (χ2v) is 2.67. The Labute approximate surface area is 73.5 Å². The molecule has 3 nitrogen and oxygen atoms in total. The van der Waals surface area contributed by atoms with E-state index in [1.54, 1.807) is 0 Å². The van der Waals surface area contributed by atoms with Crippen LogP contribution in [0.5, 0.6) is 0 Å². The summed E-state index contributed by atoms with van der Waals surface area (Å²) in [4.78, 5) is 10.9. The Balaban J connectivity index is 3.03. The van der Waals surface area contributed by atoms with Crippen molar-refractivity contribution in [2.75, 3.05) is 5.88 Å². The first-order valence-corrected chi connectivity index (χ1v) is 3.95. The maximum Gasteiger partial charge on any atom is 0.266 e. The molecule has 0 aliphatic carbocycles. The van der Waals surface area contributed by atoms with Crippen LogP contribution < -0.4 is 5.56 Å². The smallest absolute Gasteiger partial charge is 0.266 e. The number of aryl methyl sites for hydroxylation is 1. The minimum atomic E-state index is -0.185. The molecular weight excluding hydrogens is 187 g/mol. The van der Waals surface area contributed by atoms with Crippen molar-refractivity contribution >= 4 is 23.2 Å². The zero-order valence-corrected chi connectivity index (χ0v) is 7.14. The molecule has 5 heteroatoms. The van der Waals surface area contributed by atoms with Gasteiger partial charge in [-0.3, -0.25) is 4.79 Å². The maximum atomic E-state index is 10.9. The quantitative estimate of drug-likeness (QED) is 0.660. The van der Waals surface area contributed by atoms with Crippen molar-refractivity contribution in [1.29, 1.82) is 0 Å². The average molecular weight is 193 g/mol. The largest absolute Gasteiger partial charge is 0.268 e. The Hall–Kier alpha value is -0.540. The van der Waals surface area contributed by atoms with Crippen LogP contribution in [0.2, 0.25) is 5.15 Å². The van der Waals surface area contributed by atoms with E-state index in [1.165, 1.54) is 16.8 Å². The Morgan fingerprint density at radius 3 is 2.91 bits per heavy atom. The molecule has 0 N–H and O–H groups in total. The molecule has 0 amide bonds. The summed E-state index contributed by atoms with van der Waals surface area (Å²) in [6.45, 7) is 0.390. The van der Waals surface area contributed by atoms with Gasteiger partial charge in [0.15, 0.2) is 0 Å². The van der Waals surface area contributed by atoms with Crippen molar-refractivity contribution in [3.63, 3.8) is 0 Å². The monoisotopic (exact) mass is 192 g/mol. The second-order valence-electron chi connectivity index (χ2n) is 1.91. The molecule has 1 rings (SSSR count). The van der Waals surface area contributed by atoms with Crippen molar-refractivity contribution in [1.82, 2.24) is 9.78 Å². The Kier molecular flexibility index (Phi) is 2.91. The van der Waals surface area contributed by atoms with E-state index in [4.69, 9.17) is 23.2 Å². The van der Waals surface area contributed by atoms with Gasteiger partial charge in [0.2, 0.25) is 0 Å². The third-order valence-electron chi connectivity index (χ3n) is 1.13. The summed E-state index contributed by atoms with van der Waals surface area (Å²) in [5.74, 6) is 0.354. The van der Waals surface area contributed by atoms with Gasteiger partial charge >= 0.3 is 0 Å². The van der Waals surface area contributed by atoms with Gasteiger partial charge in [-0.1, -0.05) is 11.6 Å². The van der Waals surface area contributed by atoms with Crippen molar-refractivity contribution in [3.8, 4) is 0 Å². The fraction of sp³-hybridized carbons (Fsp3) is 0.333. The van der Waals surface area contributed by atoms with Crippen molar-refractivity contribution in [2.45, 2.75) is 6.54 Å². The number of hydrogen-bond donors (Lipinski definition) is 0. The van der Waals surface area contributed by atoms with Crippen LogP contribution in [0.25, 0.3) is 0 Å². The standard InChI is InChI=1S/C6H6Cl2N2O/c7-3-4-10-6(11)2-1-5(8)9-10/h1-2H,3-4H2. The molecule has 1 heterocycles. The lowest BCUT2D eigenvalue weighted by molar-refractivity contribution is 0.619. The van der Waals surface area contributed by atoms with Gasteiger partial charge in [-0.25, -0.2) is 4.68 Å². The molecule has 0 radical (unpaired) electrons. The highest BCUT2D eigenvalue weighted by atomic mass is 35.5. The van der Waals surface area contributed by atoms with Crippen molar-refractivity contribution in [3.05, 3.63) is 27.6 Å². The summed E-state index contributed by atoms with van der Waals surface area (Å²) < 4.78 is 1.23. The van der Waals surface area contributed by atoms with E-state index in [0.29, 0.717) is 17.6 Å². The van der Waals surface area contributed by atoms with Gasteiger partial charge in [0.25, 0.3) is 5.56 Å². The van der Waals surface area contributed by atoms with Crippen LogP contribution in [0.4, 0.5) is 0 Å². The maximum absolute atomic E-state index is 10.9. The van der Waals surface area contributed by atoms with E-state index in [0.717, 1.165) is 0 Å². The van der Waals surface area contributed by atoms with Gasteiger partial charge < -0.3 is 0 Å². The van der Waals surface area contributed by atoms with Gasteiger partial charge in [-0.15, -0.1) is 11.6 Å². The van der Waals surface area contributed by atoms with Crippen LogP contribution in [-0.4, -0.2) is 15.7 Å². The fourth-order valence-corrected chi connectivity index (χ4v) is 0.979. The molecule has 60 valence electrons. The van der Waals surface area contributed by atoms with Crippen molar-refractivity contribution < 1.29 is 0 Å². The van der Waals surface area contributed by atoms with Crippen LogP contribution in [0.3, 0.4) is 0 Å². The Bertz CT molecular complexity index is 297. The third-order valence-corrected chi connectivity index (χ3v) is 1.50. The second kappa shape index (κ2) is 3.74. The molecule has 11 heavy (non-hydrogen) atoms. The summed E-state index contributed by atoms with van der Waals surface area (Å²) in [6.07, 6.45) is 0. The molecule has 0 saturated carbocycles. The number of hydrogen-bond acceptors (Lipinski definition) is 2. The zero-order chi connectivity index (χ0) is 8.27. The molecule has 1 aromatic heterocycles. The van der Waals surface area contributed by atoms with Crippen LogP contribution in [0.1, 0.15) is 0 Å². The summed E-state index contributed by atoms with van der Waals surface area (Å²) >= 11 is 11.0. The summed E-state index contributed by atoms with van der Waals surface area (Å²) in [5.41, 5.74) is -0.185. The summed E-state index contributed by atoms with van der Waals surface area (Å²) in [5, 5.41) is 4.05. The van der Waals surface area contributed by atoms with Gasteiger partial charge in [-0.2, -0.15) is 5.10 Å². The third kappa shape index (κ3) is 2.20. The lowest BCUT2D eigenvalue weighted by atomic mass is 10.5. The first-order valence-electron chi connectivity index (χ1n) is 3.03. The van der Waals surface area contributed by atoms with Crippen LogP contribution in [0, 0.1) is 0 Å². The molecule has 0 atom stereocenters. The SMILES string of the molecule is O=c1ccc(Cl)nn1CCCl. The Morgan fingerprint density at radius 2 is 2.27 bits per heavy atom. The number of nitrogens with zero attached hydrogens (tertiary/aromatic N) is 2. The molecular formula is C6H6Cl2N2O.